The highest BCUT2D eigenvalue weighted by Crippen LogP contribution is 2.32. The summed E-state index contributed by atoms with van der Waals surface area (Å²) >= 11 is 0. The number of anilines is 1. The lowest BCUT2D eigenvalue weighted by Crippen LogP contribution is -2.28. The molecule has 1 saturated carbocycles. The minimum absolute atomic E-state index is 0.398. The summed E-state index contributed by atoms with van der Waals surface area (Å²) in [7, 11) is 0. The van der Waals surface area contributed by atoms with Crippen LogP contribution in [0.3, 0.4) is 0 Å². The van der Waals surface area contributed by atoms with E-state index in [0.717, 1.165) is 23.1 Å². The third kappa shape index (κ3) is 4.23. The number of hydrogen-bond acceptors (Lipinski definition) is 2. The molecule has 1 aliphatic rings. The van der Waals surface area contributed by atoms with Crippen molar-refractivity contribution in [2.24, 2.45) is 11.8 Å². The molecule has 2 atom stereocenters. The molecule has 0 radical (unpaired) electrons. The lowest BCUT2D eigenvalue weighted by Gasteiger charge is -2.32. The third-order valence-electron chi connectivity index (χ3n) is 4.51. The lowest BCUT2D eigenvalue weighted by molar-refractivity contribution is 0.0696. The molecule has 0 heterocycles. The smallest absolute Gasteiger partial charge is 0.336 e. The van der Waals surface area contributed by atoms with Gasteiger partial charge in [-0.3, -0.25) is 0 Å². The van der Waals surface area contributed by atoms with Gasteiger partial charge in [0, 0.05) is 11.7 Å². The van der Waals surface area contributed by atoms with Crippen LogP contribution in [0.15, 0.2) is 18.2 Å². The molecule has 2 unspecified atom stereocenters. The monoisotopic (exact) mass is 289 g/mol. The summed E-state index contributed by atoms with van der Waals surface area (Å²) in [5.41, 5.74) is 2.22. The average molecular weight is 289 g/mol. The van der Waals surface area contributed by atoms with Gasteiger partial charge in [0.2, 0.25) is 0 Å². The summed E-state index contributed by atoms with van der Waals surface area (Å²) < 4.78 is 0. The van der Waals surface area contributed by atoms with Crippen molar-refractivity contribution in [2.75, 3.05) is 5.32 Å². The summed E-state index contributed by atoms with van der Waals surface area (Å²) in [6.45, 7) is 6.47. The van der Waals surface area contributed by atoms with Crippen molar-refractivity contribution >= 4 is 11.7 Å². The minimum atomic E-state index is -0.850. The second kappa shape index (κ2) is 6.97. The molecule has 0 spiro atoms. The Bertz CT molecular complexity index is 496. The second-order valence-corrected chi connectivity index (χ2v) is 6.79. The molecule has 0 bridgehead atoms. The minimum Gasteiger partial charge on any atom is -0.478 e. The maximum Gasteiger partial charge on any atom is 0.336 e. The normalized spacial score (nSPS) is 22.3. The van der Waals surface area contributed by atoms with Crippen molar-refractivity contribution in [3.63, 3.8) is 0 Å². The van der Waals surface area contributed by atoms with Crippen LogP contribution in [0.2, 0.25) is 0 Å². The zero-order valence-corrected chi connectivity index (χ0v) is 13.4. The molecule has 0 saturated heterocycles. The van der Waals surface area contributed by atoms with Gasteiger partial charge in [-0.25, -0.2) is 4.79 Å². The van der Waals surface area contributed by atoms with E-state index in [1.165, 1.54) is 32.1 Å². The van der Waals surface area contributed by atoms with Gasteiger partial charge in [-0.1, -0.05) is 32.8 Å². The van der Waals surface area contributed by atoms with Gasteiger partial charge in [0.1, 0.15) is 0 Å². The van der Waals surface area contributed by atoms with E-state index in [9.17, 15) is 9.90 Å². The molecule has 3 heteroatoms. The van der Waals surface area contributed by atoms with Crippen LogP contribution >= 0.6 is 0 Å². The number of carboxylic acids is 1. The summed E-state index contributed by atoms with van der Waals surface area (Å²) in [5, 5.41) is 12.8. The second-order valence-electron chi connectivity index (χ2n) is 6.79. The molecule has 0 aliphatic heterocycles. The first-order valence-corrected chi connectivity index (χ1v) is 8.06. The van der Waals surface area contributed by atoms with E-state index >= 15 is 0 Å². The van der Waals surface area contributed by atoms with E-state index in [1.807, 2.05) is 19.1 Å². The van der Waals surface area contributed by atoms with Crippen LogP contribution in [-0.2, 0) is 0 Å². The fourth-order valence-corrected chi connectivity index (χ4v) is 3.55. The fraction of sp³-hybridized carbons (Fsp3) is 0.611. The highest BCUT2D eigenvalue weighted by Gasteiger charge is 2.23. The number of benzene rings is 1. The summed E-state index contributed by atoms with van der Waals surface area (Å²) in [6, 6.07) is 5.97. The molecule has 2 rings (SSSR count). The number of carboxylic acid groups (broad SMARTS) is 1. The van der Waals surface area contributed by atoms with Crippen molar-refractivity contribution in [1.29, 1.82) is 0 Å². The Balaban J connectivity index is 2.04. The van der Waals surface area contributed by atoms with Crippen LogP contribution < -0.4 is 5.32 Å². The van der Waals surface area contributed by atoms with E-state index < -0.39 is 5.97 Å². The SMILES string of the molecule is Cc1c(NC2CCCC(CC(C)C)C2)cccc1C(=O)O. The fourth-order valence-electron chi connectivity index (χ4n) is 3.55. The zero-order chi connectivity index (χ0) is 15.4. The Kier molecular flexibility index (Phi) is 5.27. The first kappa shape index (κ1) is 15.9. The molecule has 1 fully saturated rings. The quantitative estimate of drug-likeness (QED) is 0.825. The van der Waals surface area contributed by atoms with Crippen molar-refractivity contribution < 1.29 is 9.90 Å². The van der Waals surface area contributed by atoms with Gasteiger partial charge in [-0.05, 0) is 55.7 Å². The molecule has 0 aromatic heterocycles. The molecule has 1 aliphatic carbocycles. The molecule has 0 amide bonds. The van der Waals surface area contributed by atoms with Gasteiger partial charge < -0.3 is 10.4 Å². The Morgan fingerprint density at radius 3 is 2.81 bits per heavy atom. The van der Waals surface area contributed by atoms with E-state index in [0.29, 0.717) is 11.6 Å². The Labute approximate surface area is 127 Å². The van der Waals surface area contributed by atoms with Crippen LogP contribution in [0.4, 0.5) is 5.69 Å². The molecule has 3 nitrogen and oxygen atoms in total. The number of rotatable bonds is 5. The first-order chi connectivity index (χ1) is 9.97. The Morgan fingerprint density at radius 1 is 1.38 bits per heavy atom. The highest BCUT2D eigenvalue weighted by molar-refractivity contribution is 5.91. The molecule has 21 heavy (non-hydrogen) atoms. The van der Waals surface area contributed by atoms with E-state index in [-0.39, 0.29) is 0 Å². The molecular weight excluding hydrogens is 262 g/mol. The van der Waals surface area contributed by atoms with Gasteiger partial charge in [0.05, 0.1) is 5.56 Å². The van der Waals surface area contributed by atoms with Gasteiger partial charge >= 0.3 is 5.97 Å². The van der Waals surface area contributed by atoms with Crippen molar-refractivity contribution in [3.05, 3.63) is 29.3 Å². The van der Waals surface area contributed by atoms with Crippen LogP contribution in [0.1, 0.15) is 61.9 Å². The predicted octanol–water partition coefficient (Wildman–Crippen LogP) is 4.71. The Hall–Kier alpha value is -1.51. The van der Waals surface area contributed by atoms with Gasteiger partial charge in [0.25, 0.3) is 0 Å². The van der Waals surface area contributed by atoms with Gasteiger partial charge in [0.15, 0.2) is 0 Å². The molecule has 2 N–H and O–H groups in total. The Morgan fingerprint density at radius 2 is 2.14 bits per heavy atom. The molecule has 1 aromatic rings. The lowest BCUT2D eigenvalue weighted by atomic mass is 9.81. The number of hydrogen-bond donors (Lipinski definition) is 2. The van der Waals surface area contributed by atoms with Crippen molar-refractivity contribution in [3.8, 4) is 0 Å². The summed E-state index contributed by atoms with van der Waals surface area (Å²) in [6.07, 6.45) is 6.30. The number of carbonyl (C=O) groups is 1. The van der Waals surface area contributed by atoms with Crippen LogP contribution in [-0.4, -0.2) is 17.1 Å². The molecular formula is C18H27NO2. The van der Waals surface area contributed by atoms with E-state index in [2.05, 4.69) is 19.2 Å². The average Bonchev–Trinajstić information content (AvgIpc) is 2.40. The van der Waals surface area contributed by atoms with Crippen molar-refractivity contribution in [2.45, 2.75) is 58.9 Å². The standard InChI is InChI=1S/C18H27NO2/c1-12(2)10-14-6-4-7-15(11-14)19-17-9-5-8-16(13(17)3)18(20)21/h5,8-9,12,14-15,19H,4,6-7,10-11H2,1-3H3,(H,20,21). The largest absolute Gasteiger partial charge is 0.478 e. The van der Waals surface area contributed by atoms with E-state index in [1.54, 1.807) is 6.07 Å². The maximum atomic E-state index is 11.2. The van der Waals surface area contributed by atoms with Crippen LogP contribution in [0.5, 0.6) is 0 Å². The molecule has 1 aromatic carbocycles. The van der Waals surface area contributed by atoms with Crippen LogP contribution in [0.25, 0.3) is 0 Å². The van der Waals surface area contributed by atoms with Crippen molar-refractivity contribution in [1.82, 2.24) is 0 Å². The first-order valence-electron chi connectivity index (χ1n) is 8.06. The summed E-state index contributed by atoms with van der Waals surface area (Å²) in [4.78, 5) is 11.2. The molecule has 116 valence electrons. The highest BCUT2D eigenvalue weighted by atomic mass is 16.4. The maximum absolute atomic E-state index is 11.2. The topological polar surface area (TPSA) is 49.3 Å². The number of nitrogens with one attached hydrogen (secondary N) is 1. The summed E-state index contributed by atoms with van der Waals surface area (Å²) in [5.74, 6) is 0.711. The van der Waals surface area contributed by atoms with E-state index in [4.69, 9.17) is 0 Å². The van der Waals surface area contributed by atoms with Gasteiger partial charge in [-0.15, -0.1) is 0 Å². The zero-order valence-electron chi connectivity index (χ0n) is 13.4. The number of aromatic carboxylic acids is 1. The van der Waals surface area contributed by atoms with Crippen LogP contribution in [0, 0.1) is 18.8 Å². The third-order valence-corrected chi connectivity index (χ3v) is 4.51. The van der Waals surface area contributed by atoms with Gasteiger partial charge in [-0.2, -0.15) is 0 Å². The predicted molar refractivity (Wildman–Crippen MR) is 87.0 cm³/mol.